The molecule has 33 heavy (non-hydrogen) atoms. The number of nitrogens with zero attached hydrogens (tertiary/aromatic N) is 3. The molecule has 0 saturated carbocycles. The number of rotatable bonds is 4. The first kappa shape index (κ1) is 23.6. The van der Waals surface area contributed by atoms with E-state index < -0.39 is 5.97 Å². The summed E-state index contributed by atoms with van der Waals surface area (Å²) < 4.78 is 8.03. The predicted octanol–water partition coefficient (Wildman–Crippen LogP) is 6.64. The molecule has 0 N–H and O–H groups in total. The molecular formula is C23H13Br2Cl2N3O3. The number of fused-ring (bicyclic) bond motifs is 1. The van der Waals surface area contributed by atoms with E-state index in [1.807, 2.05) is 6.07 Å². The maximum absolute atomic E-state index is 12.9. The Morgan fingerprint density at radius 2 is 1.88 bits per heavy atom. The molecule has 0 fully saturated rings. The Hall–Kier alpha value is -2.52. The lowest BCUT2D eigenvalue weighted by molar-refractivity contribution is 0.0733. The molecule has 1 heterocycles. The molecule has 0 atom stereocenters. The number of hydrogen-bond acceptors (Lipinski definition) is 5. The fourth-order valence-corrected chi connectivity index (χ4v) is 4.90. The van der Waals surface area contributed by atoms with Gasteiger partial charge in [0.25, 0.3) is 5.56 Å². The zero-order valence-electron chi connectivity index (χ0n) is 16.9. The van der Waals surface area contributed by atoms with Gasteiger partial charge in [0.05, 0.1) is 32.2 Å². The van der Waals surface area contributed by atoms with Gasteiger partial charge in [0.15, 0.2) is 5.75 Å². The maximum Gasteiger partial charge on any atom is 0.345 e. The Labute approximate surface area is 215 Å². The van der Waals surface area contributed by atoms with E-state index in [1.165, 1.54) is 23.0 Å². The molecule has 0 amide bonds. The van der Waals surface area contributed by atoms with Crippen molar-refractivity contribution in [1.82, 2.24) is 9.66 Å². The minimum atomic E-state index is -0.671. The zero-order chi connectivity index (χ0) is 23.7. The second-order valence-corrected chi connectivity index (χ2v) is 9.47. The largest absolute Gasteiger partial charge is 0.421 e. The highest BCUT2D eigenvalue weighted by molar-refractivity contribution is 9.11. The number of aromatic nitrogens is 2. The molecular weight excluding hydrogens is 597 g/mol. The van der Waals surface area contributed by atoms with Crippen LogP contribution in [0.3, 0.4) is 0 Å². The second kappa shape index (κ2) is 9.77. The van der Waals surface area contributed by atoms with Crippen LogP contribution in [0.1, 0.15) is 21.7 Å². The standard InChI is InChI=1S/C23H13Br2Cl2N3O3/c1-12-29-20-5-3-2-4-17(20)22(31)30(12)28-11-13-8-14(24)9-18(25)21(13)33-23(32)16-7-6-15(26)10-19(16)27/h2-11H,1H3. The molecule has 0 aliphatic rings. The highest BCUT2D eigenvalue weighted by atomic mass is 79.9. The summed E-state index contributed by atoms with van der Waals surface area (Å²) in [5, 5.41) is 5.33. The van der Waals surface area contributed by atoms with Gasteiger partial charge in [-0.25, -0.2) is 9.78 Å². The number of aryl methyl sites for hydroxylation is 1. The van der Waals surface area contributed by atoms with Gasteiger partial charge in [0.2, 0.25) is 0 Å². The predicted molar refractivity (Wildman–Crippen MR) is 137 cm³/mol. The summed E-state index contributed by atoms with van der Waals surface area (Å²) in [6.07, 6.45) is 1.42. The summed E-state index contributed by atoms with van der Waals surface area (Å²) in [7, 11) is 0. The van der Waals surface area contributed by atoms with Gasteiger partial charge in [0, 0.05) is 15.1 Å². The summed E-state index contributed by atoms with van der Waals surface area (Å²) in [5.74, 6) is -0.0528. The number of benzene rings is 3. The molecule has 10 heteroatoms. The Balaban J connectivity index is 1.75. The second-order valence-electron chi connectivity index (χ2n) is 6.86. The summed E-state index contributed by atoms with van der Waals surface area (Å²) in [6, 6.07) is 14.9. The number of esters is 1. The van der Waals surface area contributed by atoms with Crippen LogP contribution in [0.2, 0.25) is 10.0 Å². The fourth-order valence-electron chi connectivity index (χ4n) is 3.08. The van der Waals surface area contributed by atoms with Gasteiger partial charge in [-0.05, 0) is 65.3 Å². The van der Waals surface area contributed by atoms with E-state index in [-0.39, 0.29) is 21.9 Å². The summed E-state index contributed by atoms with van der Waals surface area (Å²) >= 11 is 18.9. The molecule has 4 rings (SSSR count). The monoisotopic (exact) mass is 607 g/mol. The number of ether oxygens (including phenoxy) is 1. The molecule has 0 bridgehead atoms. The lowest BCUT2D eigenvalue weighted by Crippen LogP contribution is -2.20. The van der Waals surface area contributed by atoms with E-state index in [4.69, 9.17) is 27.9 Å². The average Bonchev–Trinajstić information content (AvgIpc) is 2.75. The molecule has 0 radical (unpaired) electrons. The van der Waals surface area contributed by atoms with E-state index in [2.05, 4.69) is 41.9 Å². The summed E-state index contributed by atoms with van der Waals surface area (Å²) in [4.78, 5) is 30.1. The third kappa shape index (κ3) is 5.04. The fraction of sp³-hybridized carbons (Fsp3) is 0.0435. The minimum Gasteiger partial charge on any atom is -0.421 e. The van der Waals surface area contributed by atoms with Crippen LogP contribution in [0.4, 0.5) is 0 Å². The van der Waals surface area contributed by atoms with Gasteiger partial charge >= 0.3 is 5.97 Å². The number of para-hydroxylation sites is 1. The lowest BCUT2D eigenvalue weighted by atomic mass is 10.2. The SMILES string of the molecule is Cc1nc2ccccc2c(=O)n1N=Cc1cc(Br)cc(Br)c1OC(=O)c1ccc(Cl)cc1Cl. The molecule has 0 unspecified atom stereocenters. The van der Waals surface area contributed by atoms with Crippen molar-refractivity contribution in [3.05, 3.63) is 101 Å². The number of carbonyl (C=O) groups excluding carboxylic acids is 1. The highest BCUT2D eigenvalue weighted by Gasteiger charge is 2.18. The van der Waals surface area contributed by atoms with Crippen molar-refractivity contribution in [2.24, 2.45) is 5.10 Å². The Morgan fingerprint density at radius 3 is 2.64 bits per heavy atom. The Kier molecular flexibility index (Phi) is 6.99. The maximum atomic E-state index is 12.9. The first-order valence-electron chi connectivity index (χ1n) is 9.43. The van der Waals surface area contributed by atoms with Gasteiger partial charge in [-0.15, -0.1) is 0 Å². The molecule has 166 valence electrons. The van der Waals surface area contributed by atoms with E-state index in [0.717, 1.165) is 0 Å². The third-order valence-electron chi connectivity index (χ3n) is 4.61. The van der Waals surface area contributed by atoms with Crippen molar-refractivity contribution < 1.29 is 9.53 Å². The van der Waals surface area contributed by atoms with Crippen LogP contribution in [-0.2, 0) is 0 Å². The van der Waals surface area contributed by atoms with Crippen molar-refractivity contribution in [2.45, 2.75) is 6.92 Å². The van der Waals surface area contributed by atoms with Crippen molar-refractivity contribution in [1.29, 1.82) is 0 Å². The average molecular weight is 610 g/mol. The molecule has 0 aliphatic heterocycles. The Bertz CT molecular complexity index is 1500. The number of hydrogen-bond donors (Lipinski definition) is 0. The minimum absolute atomic E-state index is 0.157. The van der Waals surface area contributed by atoms with E-state index >= 15 is 0 Å². The van der Waals surface area contributed by atoms with Crippen molar-refractivity contribution >= 4 is 78.1 Å². The molecule has 1 aromatic heterocycles. The number of carbonyl (C=O) groups is 1. The van der Waals surface area contributed by atoms with Crippen molar-refractivity contribution in [3.63, 3.8) is 0 Å². The molecule has 0 saturated heterocycles. The molecule has 4 aromatic rings. The first-order valence-corrected chi connectivity index (χ1v) is 11.8. The van der Waals surface area contributed by atoms with Crippen LogP contribution < -0.4 is 10.3 Å². The smallest absolute Gasteiger partial charge is 0.345 e. The summed E-state index contributed by atoms with van der Waals surface area (Å²) in [6.45, 7) is 1.69. The van der Waals surface area contributed by atoms with Crippen LogP contribution in [-0.4, -0.2) is 21.8 Å². The van der Waals surface area contributed by atoms with Gasteiger partial charge in [-0.2, -0.15) is 9.78 Å². The van der Waals surface area contributed by atoms with Crippen LogP contribution in [0.25, 0.3) is 10.9 Å². The van der Waals surface area contributed by atoms with E-state index in [0.29, 0.717) is 36.3 Å². The van der Waals surface area contributed by atoms with Crippen molar-refractivity contribution in [2.75, 3.05) is 0 Å². The number of halogens is 4. The zero-order valence-corrected chi connectivity index (χ0v) is 21.5. The van der Waals surface area contributed by atoms with Gasteiger partial charge in [0.1, 0.15) is 5.82 Å². The van der Waals surface area contributed by atoms with Crippen LogP contribution in [0.15, 0.2) is 73.4 Å². The topological polar surface area (TPSA) is 73.6 Å². The highest BCUT2D eigenvalue weighted by Crippen LogP contribution is 2.33. The molecule has 0 aliphatic carbocycles. The molecule has 6 nitrogen and oxygen atoms in total. The van der Waals surface area contributed by atoms with Gasteiger partial charge in [-0.1, -0.05) is 51.3 Å². The van der Waals surface area contributed by atoms with E-state index in [9.17, 15) is 9.59 Å². The first-order chi connectivity index (χ1) is 15.7. The quantitative estimate of drug-likeness (QED) is 0.148. The molecule has 3 aromatic carbocycles. The lowest BCUT2D eigenvalue weighted by Gasteiger charge is -2.12. The van der Waals surface area contributed by atoms with Gasteiger partial charge in [-0.3, -0.25) is 4.79 Å². The van der Waals surface area contributed by atoms with Crippen LogP contribution in [0.5, 0.6) is 5.75 Å². The van der Waals surface area contributed by atoms with E-state index in [1.54, 1.807) is 43.3 Å². The normalized spacial score (nSPS) is 11.3. The van der Waals surface area contributed by atoms with Crippen LogP contribution >= 0.6 is 55.1 Å². The van der Waals surface area contributed by atoms with Gasteiger partial charge < -0.3 is 4.74 Å². The van der Waals surface area contributed by atoms with Crippen molar-refractivity contribution in [3.8, 4) is 5.75 Å². The Morgan fingerprint density at radius 1 is 1.12 bits per heavy atom. The van der Waals surface area contributed by atoms with Crippen LogP contribution in [0, 0.1) is 6.92 Å². The third-order valence-corrected chi connectivity index (χ3v) is 6.21. The summed E-state index contributed by atoms with van der Waals surface area (Å²) in [5.41, 5.74) is 0.875. The molecule has 0 spiro atoms.